The van der Waals surface area contributed by atoms with E-state index in [1.165, 1.54) is 26.0 Å². The molecule has 9 heteroatoms. The van der Waals surface area contributed by atoms with Crippen LogP contribution in [-0.4, -0.2) is 31.9 Å². The molecule has 0 atom stereocenters. The average Bonchev–Trinajstić information content (AvgIpc) is 3.47. The number of rotatable bonds is 5. The summed E-state index contributed by atoms with van der Waals surface area (Å²) in [6, 6.07) is 18.7. The van der Waals surface area contributed by atoms with Gasteiger partial charge in [-0.05, 0) is 60.4 Å². The molecule has 198 valence electrons. The molecular formula is C29H23F6NS2. The van der Waals surface area contributed by atoms with Gasteiger partial charge in [0.15, 0.2) is 0 Å². The molecule has 0 bridgehead atoms. The number of hydrogen-bond donors (Lipinski definition) is 0. The Morgan fingerprint density at radius 2 is 1.03 bits per heavy atom. The van der Waals surface area contributed by atoms with Crippen LogP contribution in [0.25, 0.3) is 32.0 Å². The van der Waals surface area contributed by atoms with Crippen molar-refractivity contribution >= 4 is 39.5 Å². The molecule has 0 aliphatic heterocycles. The molecule has 1 aliphatic rings. The van der Waals surface area contributed by atoms with Crippen molar-refractivity contribution in [1.29, 1.82) is 0 Å². The minimum absolute atomic E-state index is 0.258. The lowest BCUT2D eigenvalue weighted by molar-refractivity contribution is -0.254. The van der Waals surface area contributed by atoms with Crippen LogP contribution in [0.3, 0.4) is 0 Å². The molecule has 2 aromatic carbocycles. The molecule has 0 radical (unpaired) electrons. The summed E-state index contributed by atoms with van der Waals surface area (Å²) in [7, 11) is 3.74. The number of nitrogens with zero attached hydrogens (tertiary/aromatic N) is 1. The zero-order valence-electron chi connectivity index (χ0n) is 20.9. The molecule has 1 nitrogen and oxygen atoms in total. The number of benzene rings is 2. The molecule has 38 heavy (non-hydrogen) atoms. The number of allylic oxidation sites excluding steroid dienone is 2. The van der Waals surface area contributed by atoms with Crippen LogP contribution in [-0.2, 0) is 0 Å². The van der Waals surface area contributed by atoms with Gasteiger partial charge in [0.1, 0.15) is 0 Å². The molecule has 4 aromatic rings. The van der Waals surface area contributed by atoms with Gasteiger partial charge in [0.2, 0.25) is 0 Å². The molecule has 0 N–H and O–H groups in total. The Bertz CT molecular complexity index is 1530. The van der Waals surface area contributed by atoms with Gasteiger partial charge in [0.25, 0.3) is 0 Å². The van der Waals surface area contributed by atoms with E-state index in [0.29, 0.717) is 20.9 Å². The van der Waals surface area contributed by atoms with Gasteiger partial charge in [-0.3, -0.25) is 0 Å². The quantitative estimate of drug-likeness (QED) is 0.219. The summed E-state index contributed by atoms with van der Waals surface area (Å²) in [5.41, 5.74) is -0.912. The summed E-state index contributed by atoms with van der Waals surface area (Å²) in [6.45, 7) is 2.98. The average molecular weight is 564 g/mol. The predicted octanol–water partition coefficient (Wildman–Crippen LogP) is 9.66. The van der Waals surface area contributed by atoms with Crippen LogP contribution >= 0.6 is 22.7 Å². The highest BCUT2D eigenvalue weighted by molar-refractivity contribution is 7.16. The van der Waals surface area contributed by atoms with E-state index in [1.807, 2.05) is 31.1 Å². The fraction of sp³-hybridized carbons (Fsp3) is 0.241. The van der Waals surface area contributed by atoms with Crippen molar-refractivity contribution in [2.24, 2.45) is 0 Å². The number of thiophene rings is 2. The van der Waals surface area contributed by atoms with Crippen LogP contribution in [0.1, 0.15) is 20.9 Å². The van der Waals surface area contributed by atoms with Gasteiger partial charge < -0.3 is 4.90 Å². The second kappa shape index (κ2) is 9.02. The summed E-state index contributed by atoms with van der Waals surface area (Å²) < 4.78 is 91.4. The van der Waals surface area contributed by atoms with E-state index in [0.717, 1.165) is 28.4 Å². The van der Waals surface area contributed by atoms with E-state index in [1.54, 1.807) is 42.5 Å². The molecule has 0 saturated heterocycles. The molecular weight excluding hydrogens is 540 g/mol. The second-order valence-corrected chi connectivity index (χ2v) is 12.0. The molecule has 0 saturated carbocycles. The number of aryl methyl sites for hydroxylation is 2. The van der Waals surface area contributed by atoms with Crippen molar-refractivity contribution in [2.75, 3.05) is 19.0 Å². The van der Waals surface area contributed by atoms with E-state index >= 15 is 17.6 Å². The second-order valence-electron chi connectivity index (χ2n) is 9.44. The number of alkyl halides is 6. The molecule has 2 heterocycles. The Morgan fingerprint density at radius 3 is 1.45 bits per heavy atom. The Morgan fingerprint density at radius 1 is 0.605 bits per heavy atom. The largest absolute Gasteiger partial charge is 0.380 e. The van der Waals surface area contributed by atoms with E-state index in [2.05, 4.69) is 0 Å². The third-order valence-corrected chi connectivity index (χ3v) is 8.97. The lowest BCUT2D eigenvalue weighted by atomic mass is 9.94. The molecule has 0 fully saturated rings. The van der Waals surface area contributed by atoms with E-state index in [-0.39, 0.29) is 20.9 Å². The molecule has 0 unspecified atom stereocenters. The summed E-state index contributed by atoms with van der Waals surface area (Å²) >= 11 is 2.21. The predicted molar refractivity (Wildman–Crippen MR) is 145 cm³/mol. The van der Waals surface area contributed by atoms with Crippen molar-refractivity contribution in [3.05, 3.63) is 87.6 Å². The van der Waals surface area contributed by atoms with Crippen molar-refractivity contribution in [2.45, 2.75) is 31.6 Å². The Labute approximate surface area is 224 Å². The highest BCUT2D eigenvalue weighted by atomic mass is 32.1. The van der Waals surface area contributed by atoms with Crippen LogP contribution in [0.15, 0.2) is 66.7 Å². The topological polar surface area (TPSA) is 3.24 Å². The maximum Gasteiger partial charge on any atom is 0.380 e. The monoisotopic (exact) mass is 563 g/mol. The Kier molecular flexibility index (Phi) is 6.30. The minimum atomic E-state index is -5.59. The highest BCUT2D eigenvalue weighted by Crippen LogP contribution is 2.66. The number of halogens is 6. The number of anilines is 1. The molecule has 0 amide bonds. The molecule has 5 rings (SSSR count). The first-order valence-electron chi connectivity index (χ1n) is 11.7. The van der Waals surface area contributed by atoms with E-state index in [4.69, 9.17) is 0 Å². The van der Waals surface area contributed by atoms with Crippen LogP contribution in [0.2, 0.25) is 0 Å². The van der Waals surface area contributed by atoms with Gasteiger partial charge in [-0.25, -0.2) is 0 Å². The molecule has 0 spiro atoms. The molecule has 1 aliphatic carbocycles. The normalized spacial score (nSPS) is 17.7. The summed E-state index contributed by atoms with van der Waals surface area (Å²) in [5, 5.41) is 0. The van der Waals surface area contributed by atoms with E-state index < -0.39 is 28.9 Å². The van der Waals surface area contributed by atoms with Crippen molar-refractivity contribution in [3.63, 3.8) is 0 Å². The maximum atomic E-state index is 15.4. The SMILES string of the molecule is Cc1sc(-c2ccccc2)cc1C1=C(c2cc(-c3ccc(N(C)C)cc3)sc2C)C(F)(F)C(F)(F)C1(F)F. The first kappa shape index (κ1) is 26.6. The lowest BCUT2D eigenvalue weighted by Crippen LogP contribution is -2.48. The van der Waals surface area contributed by atoms with E-state index in [9.17, 15) is 8.78 Å². The fourth-order valence-electron chi connectivity index (χ4n) is 4.70. The van der Waals surface area contributed by atoms with Crippen molar-refractivity contribution in [1.82, 2.24) is 0 Å². The minimum Gasteiger partial charge on any atom is -0.378 e. The first-order chi connectivity index (χ1) is 17.8. The van der Waals surface area contributed by atoms with Crippen molar-refractivity contribution < 1.29 is 26.3 Å². The van der Waals surface area contributed by atoms with Gasteiger partial charge in [0.05, 0.1) is 0 Å². The van der Waals surface area contributed by atoms with Gasteiger partial charge in [-0.2, -0.15) is 26.3 Å². The summed E-state index contributed by atoms with van der Waals surface area (Å²) in [5.74, 6) is -15.7. The zero-order chi connectivity index (χ0) is 27.6. The fourth-order valence-corrected chi connectivity index (χ4v) is 6.77. The smallest absolute Gasteiger partial charge is 0.378 e. The standard InChI is InChI=1S/C29H23F6NS2/c1-16-21(14-23(37-16)18-8-6-5-7-9-18)25-26(28(32,33)29(34,35)27(25,30)31)22-15-24(38-17(22)2)19-10-12-20(13-11-19)36(3)4/h5-15H,1-4H3. The van der Waals surface area contributed by atoms with Gasteiger partial charge in [-0.15, -0.1) is 22.7 Å². The third-order valence-electron chi connectivity index (χ3n) is 6.77. The summed E-state index contributed by atoms with van der Waals surface area (Å²) in [4.78, 5) is 3.46. The highest BCUT2D eigenvalue weighted by Gasteiger charge is 2.80. The van der Waals surface area contributed by atoms with Crippen molar-refractivity contribution in [3.8, 4) is 20.9 Å². The van der Waals surface area contributed by atoms with Gasteiger partial charge in [-0.1, -0.05) is 42.5 Å². The Hall–Kier alpha value is -3.04. The maximum absolute atomic E-state index is 15.4. The molecule has 2 aromatic heterocycles. The van der Waals surface area contributed by atoms with Gasteiger partial charge in [0, 0.05) is 50.4 Å². The van der Waals surface area contributed by atoms with Crippen LogP contribution in [0, 0.1) is 13.8 Å². The first-order valence-corrected chi connectivity index (χ1v) is 13.3. The van der Waals surface area contributed by atoms with Crippen LogP contribution in [0.5, 0.6) is 0 Å². The summed E-state index contributed by atoms with van der Waals surface area (Å²) in [6.07, 6.45) is 0. The van der Waals surface area contributed by atoms with Crippen LogP contribution in [0.4, 0.5) is 32.0 Å². The van der Waals surface area contributed by atoms with Crippen LogP contribution < -0.4 is 4.90 Å². The van der Waals surface area contributed by atoms with Gasteiger partial charge >= 0.3 is 17.8 Å². The Balaban J connectivity index is 1.73. The third kappa shape index (κ3) is 3.90. The zero-order valence-corrected chi connectivity index (χ0v) is 22.5. The number of hydrogen-bond acceptors (Lipinski definition) is 3. The lowest BCUT2D eigenvalue weighted by Gasteiger charge is -2.25.